The highest BCUT2D eigenvalue weighted by Gasteiger charge is 2.48. The lowest BCUT2D eigenvalue weighted by Crippen LogP contribution is -2.42. The summed E-state index contributed by atoms with van der Waals surface area (Å²) in [4.78, 5) is 26.8. The van der Waals surface area contributed by atoms with Crippen LogP contribution in [0.5, 0.6) is 0 Å². The summed E-state index contributed by atoms with van der Waals surface area (Å²) in [6, 6.07) is 9.22. The van der Waals surface area contributed by atoms with Gasteiger partial charge in [0.15, 0.2) is 0 Å². The fraction of sp³-hybridized carbons (Fsp3) is 0.222. The molecular formula is C18H12ClF3N2O2S. The lowest BCUT2D eigenvalue weighted by atomic mass is 10.1. The van der Waals surface area contributed by atoms with Crippen LogP contribution in [-0.4, -0.2) is 28.5 Å². The number of thioether (sulfide) groups is 1. The number of nitrogens with one attached hydrogen (secondary N) is 1. The minimum absolute atomic E-state index is 0.0579. The lowest BCUT2D eigenvalue weighted by Gasteiger charge is -2.22. The van der Waals surface area contributed by atoms with Crippen LogP contribution >= 0.6 is 23.4 Å². The van der Waals surface area contributed by atoms with E-state index in [4.69, 9.17) is 11.6 Å². The van der Waals surface area contributed by atoms with Gasteiger partial charge in [-0.15, -0.1) is 11.8 Å². The summed E-state index contributed by atoms with van der Waals surface area (Å²) in [6.45, 7) is 0. The molecule has 2 aliphatic rings. The molecule has 27 heavy (non-hydrogen) atoms. The van der Waals surface area contributed by atoms with Crippen LogP contribution in [0.1, 0.15) is 26.9 Å². The largest absolute Gasteiger partial charge is 0.416 e. The van der Waals surface area contributed by atoms with Crippen molar-refractivity contribution in [2.24, 2.45) is 0 Å². The van der Waals surface area contributed by atoms with Crippen molar-refractivity contribution in [1.82, 2.24) is 4.90 Å². The van der Waals surface area contributed by atoms with E-state index in [2.05, 4.69) is 5.32 Å². The number of amides is 2. The topological polar surface area (TPSA) is 49.4 Å². The Labute approximate surface area is 161 Å². The molecule has 0 aliphatic carbocycles. The molecule has 0 aromatic heterocycles. The van der Waals surface area contributed by atoms with E-state index in [1.807, 2.05) is 12.1 Å². The monoisotopic (exact) mass is 412 g/mol. The van der Waals surface area contributed by atoms with Crippen LogP contribution in [0.2, 0.25) is 5.02 Å². The number of rotatable bonds is 2. The molecule has 2 aliphatic heterocycles. The van der Waals surface area contributed by atoms with Gasteiger partial charge >= 0.3 is 6.18 Å². The number of hydrogen-bond acceptors (Lipinski definition) is 3. The van der Waals surface area contributed by atoms with Gasteiger partial charge in [-0.3, -0.25) is 9.59 Å². The predicted molar refractivity (Wildman–Crippen MR) is 96.7 cm³/mol. The number of alkyl halides is 3. The summed E-state index contributed by atoms with van der Waals surface area (Å²) < 4.78 is 38.8. The first-order chi connectivity index (χ1) is 12.8. The number of anilines is 1. The van der Waals surface area contributed by atoms with Crippen LogP contribution < -0.4 is 5.32 Å². The Morgan fingerprint density at radius 2 is 1.96 bits per heavy atom. The second-order valence-corrected chi connectivity index (χ2v) is 7.77. The minimum atomic E-state index is -4.58. The fourth-order valence-corrected chi connectivity index (χ4v) is 4.99. The van der Waals surface area contributed by atoms with Crippen LogP contribution in [0.4, 0.5) is 18.9 Å². The molecule has 2 atom stereocenters. The van der Waals surface area contributed by atoms with E-state index in [-0.39, 0.29) is 22.0 Å². The van der Waals surface area contributed by atoms with Gasteiger partial charge in [-0.2, -0.15) is 13.2 Å². The molecule has 2 heterocycles. The number of carbonyl (C=O) groups is 2. The molecule has 2 amide bonds. The Balaban J connectivity index is 1.57. The third-order valence-electron chi connectivity index (χ3n) is 4.49. The first-order valence-electron chi connectivity index (χ1n) is 7.97. The maximum atomic E-state index is 12.9. The molecule has 1 N–H and O–H groups in total. The number of benzene rings is 2. The molecule has 9 heteroatoms. The van der Waals surface area contributed by atoms with Crippen molar-refractivity contribution >= 4 is 40.9 Å². The average Bonchev–Trinajstić information content (AvgIpc) is 3.15. The zero-order chi connectivity index (χ0) is 19.3. The second-order valence-electron chi connectivity index (χ2n) is 6.22. The van der Waals surface area contributed by atoms with Crippen molar-refractivity contribution in [2.45, 2.75) is 17.6 Å². The molecule has 4 nitrogen and oxygen atoms in total. The fourth-order valence-electron chi connectivity index (χ4n) is 3.29. The van der Waals surface area contributed by atoms with Crippen LogP contribution in [0.3, 0.4) is 0 Å². The Bertz CT molecular complexity index is 950. The van der Waals surface area contributed by atoms with Gasteiger partial charge in [-0.1, -0.05) is 29.8 Å². The van der Waals surface area contributed by atoms with Crippen LogP contribution in [0, 0.1) is 0 Å². The number of nitrogens with zero attached hydrogens (tertiary/aromatic N) is 1. The third-order valence-corrected chi connectivity index (χ3v) is 6.01. The SMILES string of the molecule is O=C(Nc1cc(Cl)cc(C(F)(F)F)c1)C1CSC2c3ccccc3C(=O)N12. The smallest absolute Gasteiger partial charge is 0.324 e. The molecule has 4 rings (SSSR count). The number of hydrogen-bond donors (Lipinski definition) is 1. The molecule has 0 radical (unpaired) electrons. The highest BCUT2D eigenvalue weighted by molar-refractivity contribution is 7.99. The highest BCUT2D eigenvalue weighted by Crippen LogP contribution is 2.48. The van der Waals surface area contributed by atoms with Gasteiger partial charge in [0.2, 0.25) is 5.91 Å². The number of carbonyl (C=O) groups excluding carboxylic acids is 2. The molecule has 1 fully saturated rings. The van der Waals surface area contributed by atoms with Gasteiger partial charge < -0.3 is 10.2 Å². The van der Waals surface area contributed by atoms with Crippen molar-refractivity contribution in [1.29, 1.82) is 0 Å². The van der Waals surface area contributed by atoms with Crippen LogP contribution in [-0.2, 0) is 11.0 Å². The van der Waals surface area contributed by atoms with Gasteiger partial charge in [0.05, 0.1) is 5.56 Å². The Kier molecular flexibility index (Phi) is 4.35. The van der Waals surface area contributed by atoms with Crippen molar-refractivity contribution in [2.75, 3.05) is 11.1 Å². The van der Waals surface area contributed by atoms with E-state index in [1.54, 1.807) is 12.1 Å². The summed E-state index contributed by atoms with van der Waals surface area (Å²) in [5.74, 6) is -0.423. The summed E-state index contributed by atoms with van der Waals surface area (Å²) in [7, 11) is 0. The zero-order valence-corrected chi connectivity index (χ0v) is 15.2. The standard InChI is InChI=1S/C18H12ClF3N2O2S/c19-10-5-9(18(20,21)22)6-11(7-10)23-15(25)14-8-27-17-13-4-2-1-3-12(13)16(26)24(14)17/h1-7,14,17H,8H2,(H,23,25). The van der Waals surface area contributed by atoms with E-state index in [1.165, 1.54) is 22.7 Å². The molecule has 2 unspecified atom stereocenters. The number of fused-ring (bicyclic) bond motifs is 3. The normalized spacial score (nSPS) is 21.2. The summed E-state index contributed by atoms with van der Waals surface area (Å²) in [5, 5.41) is 2.08. The molecule has 0 bridgehead atoms. The zero-order valence-electron chi connectivity index (χ0n) is 13.6. The predicted octanol–water partition coefficient (Wildman–Crippen LogP) is 4.57. The van der Waals surface area contributed by atoms with Crippen LogP contribution in [0.25, 0.3) is 0 Å². The van der Waals surface area contributed by atoms with E-state index in [9.17, 15) is 22.8 Å². The Morgan fingerprint density at radius 3 is 2.70 bits per heavy atom. The Morgan fingerprint density at radius 1 is 1.22 bits per heavy atom. The van der Waals surface area contributed by atoms with Gasteiger partial charge in [0.25, 0.3) is 5.91 Å². The third kappa shape index (κ3) is 3.17. The molecular weight excluding hydrogens is 401 g/mol. The second kappa shape index (κ2) is 6.45. The van der Waals surface area contributed by atoms with E-state index < -0.39 is 23.7 Å². The van der Waals surface area contributed by atoms with Crippen molar-refractivity contribution in [3.05, 3.63) is 64.2 Å². The van der Waals surface area contributed by atoms with Crippen LogP contribution in [0.15, 0.2) is 42.5 Å². The summed E-state index contributed by atoms with van der Waals surface area (Å²) in [5.41, 5.74) is 0.394. The van der Waals surface area contributed by atoms with Gasteiger partial charge in [0, 0.05) is 22.0 Å². The van der Waals surface area contributed by atoms with Crippen molar-refractivity contribution in [3.8, 4) is 0 Å². The van der Waals surface area contributed by atoms with Gasteiger partial charge in [-0.05, 0) is 29.8 Å². The molecule has 2 aromatic carbocycles. The molecule has 2 aromatic rings. The maximum Gasteiger partial charge on any atom is 0.416 e. The summed E-state index contributed by atoms with van der Waals surface area (Å²) in [6.07, 6.45) is -4.58. The average molecular weight is 413 g/mol. The minimum Gasteiger partial charge on any atom is -0.324 e. The van der Waals surface area contributed by atoms with Gasteiger partial charge in [0.1, 0.15) is 11.4 Å². The maximum absolute atomic E-state index is 12.9. The van der Waals surface area contributed by atoms with E-state index >= 15 is 0 Å². The van der Waals surface area contributed by atoms with E-state index in [0.29, 0.717) is 11.3 Å². The summed E-state index contributed by atoms with van der Waals surface area (Å²) >= 11 is 7.21. The molecule has 0 spiro atoms. The molecule has 1 saturated heterocycles. The van der Waals surface area contributed by atoms with E-state index in [0.717, 1.165) is 17.7 Å². The molecule has 0 saturated carbocycles. The molecule has 140 valence electrons. The number of halogens is 4. The first-order valence-corrected chi connectivity index (χ1v) is 9.40. The first kappa shape index (κ1) is 18.2. The lowest BCUT2D eigenvalue weighted by molar-refractivity contribution is -0.137. The Hall–Kier alpha value is -2.19. The van der Waals surface area contributed by atoms with Crippen molar-refractivity contribution in [3.63, 3.8) is 0 Å². The van der Waals surface area contributed by atoms with Crippen molar-refractivity contribution < 1.29 is 22.8 Å². The highest BCUT2D eigenvalue weighted by atomic mass is 35.5. The van der Waals surface area contributed by atoms with Gasteiger partial charge in [-0.25, -0.2) is 0 Å². The quantitative estimate of drug-likeness (QED) is 0.786.